The number of nitrogens with one attached hydrogen (secondary N) is 1. The van der Waals surface area contributed by atoms with Gasteiger partial charge in [0.25, 0.3) is 0 Å². The van der Waals surface area contributed by atoms with E-state index in [9.17, 15) is 22.8 Å². The maximum atomic E-state index is 12.8. The fourth-order valence-electron chi connectivity index (χ4n) is 4.60. The number of amides is 3. The second-order valence-corrected chi connectivity index (χ2v) is 11.2. The lowest BCUT2D eigenvalue weighted by molar-refractivity contribution is -0.137. The van der Waals surface area contributed by atoms with Crippen molar-refractivity contribution >= 4 is 34.6 Å². The Morgan fingerprint density at radius 3 is 2.48 bits per heavy atom. The molecule has 0 bridgehead atoms. The molecule has 9 nitrogen and oxygen atoms in total. The number of benzene rings is 3. The molecule has 0 radical (unpaired) electrons. The minimum Gasteiger partial charge on any atom is -0.497 e. The number of carbonyl (C=O) groups excluding carboxylic acids is 2. The number of methoxy groups -OCH3 is 1. The zero-order valence-corrected chi connectivity index (χ0v) is 24.9. The molecule has 0 aliphatic carbocycles. The van der Waals surface area contributed by atoms with E-state index < -0.39 is 17.8 Å². The van der Waals surface area contributed by atoms with Crippen molar-refractivity contribution in [3.05, 3.63) is 89.7 Å². The first-order valence-electron chi connectivity index (χ1n) is 13.7. The maximum absolute atomic E-state index is 12.8. The van der Waals surface area contributed by atoms with Crippen LogP contribution in [0.4, 0.5) is 23.7 Å². The lowest BCUT2D eigenvalue weighted by Gasteiger charge is -2.22. The van der Waals surface area contributed by atoms with Gasteiger partial charge < -0.3 is 10.1 Å². The van der Waals surface area contributed by atoms with Gasteiger partial charge in [-0.3, -0.25) is 9.69 Å². The number of ether oxygens (including phenoxy) is 1. The smallest absolute Gasteiger partial charge is 0.416 e. The first-order chi connectivity index (χ1) is 21.0. The average Bonchev–Trinajstić information content (AvgIpc) is 3.64. The van der Waals surface area contributed by atoms with Gasteiger partial charge >= 0.3 is 12.2 Å². The Kier molecular flexibility index (Phi) is 9.04. The van der Waals surface area contributed by atoms with Crippen molar-refractivity contribution in [2.24, 2.45) is 4.99 Å². The van der Waals surface area contributed by atoms with Gasteiger partial charge in [0, 0.05) is 18.2 Å². The van der Waals surface area contributed by atoms with Gasteiger partial charge in [-0.05, 0) is 53.8 Å². The summed E-state index contributed by atoms with van der Waals surface area (Å²) in [7, 11) is 1.56. The van der Waals surface area contributed by atoms with Crippen molar-refractivity contribution in [2.45, 2.75) is 32.4 Å². The number of aromatic nitrogens is 3. The highest BCUT2D eigenvalue weighted by Crippen LogP contribution is 2.36. The van der Waals surface area contributed by atoms with E-state index in [-0.39, 0.29) is 17.6 Å². The summed E-state index contributed by atoms with van der Waals surface area (Å²) in [6.07, 6.45) is -2.43. The molecule has 1 aliphatic heterocycles. The average molecular weight is 623 g/mol. The first-order valence-corrected chi connectivity index (χ1v) is 14.7. The lowest BCUT2D eigenvalue weighted by Crippen LogP contribution is -2.32. The number of alkyl halides is 3. The van der Waals surface area contributed by atoms with E-state index in [1.54, 1.807) is 13.2 Å². The molecule has 1 saturated heterocycles. The third kappa shape index (κ3) is 6.94. The van der Waals surface area contributed by atoms with E-state index in [1.165, 1.54) is 39.8 Å². The lowest BCUT2D eigenvalue weighted by atomic mass is 10.00. The van der Waals surface area contributed by atoms with Crippen molar-refractivity contribution in [3.8, 4) is 22.8 Å². The summed E-state index contributed by atoms with van der Waals surface area (Å²) in [6, 6.07) is 17.1. The summed E-state index contributed by atoms with van der Waals surface area (Å²) in [5.41, 5.74) is 3.01. The molecule has 3 aromatic carbocycles. The minimum absolute atomic E-state index is 0.140. The number of hydrogen-bond acceptors (Lipinski definition) is 6. The van der Waals surface area contributed by atoms with Crippen molar-refractivity contribution in [3.63, 3.8) is 0 Å². The van der Waals surface area contributed by atoms with Crippen LogP contribution in [-0.4, -0.2) is 51.3 Å². The van der Waals surface area contributed by atoms with Crippen LogP contribution in [0.15, 0.2) is 78.0 Å². The predicted molar refractivity (Wildman–Crippen MR) is 163 cm³/mol. The molecule has 13 heteroatoms. The number of thioether (sulfide) groups is 1. The van der Waals surface area contributed by atoms with Crippen LogP contribution >= 0.6 is 11.8 Å². The van der Waals surface area contributed by atoms with Gasteiger partial charge in [0.1, 0.15) is 12.1 Å². The van der Waals surface area contributed by atoms with Crippen molar-refractivity contribution in [1.82, 2.24) is 20.1 Å². The zero-order chi connectivity index (χ0) is 31.4. The normalized spacial score (nSPS) is 14.5. The van der Waals surface area contributed by atoms with Gasteiger partial charge in [-0.1, -0.05) is 55.9 Å². The number of rotatable bonds is 8. The molecule has 44 heavy (non-hydrogen) atoms. The predicted octanol–water partition coefficient (Wildman–Crippen LogP) is 6.47. The number of anilines is 1. The second-order valence-electron chi connectivity index (χ2n) is 10.2. The topological polar surface area (TPSA) is 102 Å². The number of halogens is 3. The van der Waals surface area contributed by atoms with E-state index in [4.69, 9.17) is 4.74 Å². The van der Waals surface area contributed by atoms with Crippen molar-refractivity contribution in [2.75, 3.05) is 24.3 Å². The SMILES string of the molecule is COc1ccc(C(C)C)c(N2C(=O)CSC2=NC(=O)NCCc2ccc(-c3ncn(-c4ccc(C(F)(F)F)cc4)n3)cc2)c1. The molecule has 4 aromatic rings. The minimum atomic E-state index is -4.41. The van der Waals surface area contributed by atoms with Gasteiger partial charge in [-0.2, -0.15) is 18.2 Å². The third-order valence-electron chi connectivity index (χ3n) is 6.92. The molecule has 2 heterocycles. The highest BCUT2D eigenvalue weighted by molar-refractivity contribution is 8.15. The highest BCUT2D eigenvalue weighted by atomic mass is 32.2. The van der Waals surface area contributed by atoms with Gasteiger partial charge in [0.05, 0.1) is 29.8 Å². The Morgan fingerprint density at radius 1 is 1.09 bits per heavy atom. The molecule has 1 aliphatic rings. The van der Waals surface area contributed by atoms with Crippen LogP contribution in [0.2, 0.25) is 0 Å². The van der Waals surface area contributed by atoms with Crippen LogP contribution in [0, 0.1) is 0 Å². The van der Waals surface area contributed by atoms with E-state index in [2.05, 4.69) is 20.4 Å². The molecule has 5 rings (SSSR count). The molecule has 228 valence electrons. The molecule has 3 amide bonds. The molecule has 0 spiro atoms. The Labute approximate surface area is 256 Å². The van der Waals surface area contributed by atoms with Gasteiger partial charge in [-0.15, -0.1) is 5.10 Å². The molecule has 1 N–H and O–H groups in total. The van der Waals surface area contributed by atoms with Crippen LogP contribution in [0.1, 0.15) is 36.5 Å². The molecule has 0 saturated carbocycles. The Bertz CT molecular complexity index is 1690. The van der Waals surface area contributed by atoms with E-state index in [0.29, 0.717) is 41.1 Å². The Hall–Kier alpha value is -4.65. The molecule has 0 atom stereocenters. The Morgan fingerprint density at radius 2 is 1.82 bits per heavy atom. The van der Waals surface area contributed by atoms with Crippen LogP contribution in [-0.2, 0) is 17.4 Å². The molecular formula is C31H29F3N6O3S. The molecule has 0 unspecified atom stereocenters. The highest BCUT2D eigenvalue weighted by Gasteiger charge is 2.33. The van der Waals surface area contributed by atoms with Gasteiger partial charge in [0.15, 0.2) is 11.0 Å². The summed E-state index contributed by atoms with van der Waals surface area (Å²) in [5, 5.41) is 7.48. The summed E-state index contributed by atoms with van der Waals surface area (Å²) < 4.78 is 45.3. The molecule has 1 fully saturated rings. The third-order valence-corrected chi connectivity index (χ3v) is 7.84. The zero-order valence-electron chi connectivity index (χ0n) is 24.1. The van der Waals surface area contributed by atoms with E-state index in [0.717, 1.165) is 28.8 Å². The summed E-state index contributed by atoms with van der Waals surface area (Å²) in [4.78, 5) is 35.4. The largest absolute Gasteiger partial charge is 0.497 e. The van der Waals surface area contributed by atoms with Crippen molar-refractivity contribution in [1.29, 1.82) is 0 Å². The van der Waals surface area contributed by atoms with Crippen LogP contribution in [0.5, 0.6) is 5.75 Å². The second kappa shape index (κ2) is 12.9. The van der Waals surface area contributed by atoms with E-state index in [1.807, 2.05) is 50.2 Å². The standard InChI is InChI=1S/C31H29F3N6O3S/c1-19(2)25-13-12-24(43-3)16-26(25)40-27(41)17-44-30(40)37-29(42)35-15-14-20-4-6-21(7-5-20)28-36-18-39(38-28)23-10-8-22(9-11-23)31(32,33)34/h4-13,16,18-19H,14-15,17H2,1-3H3,(H,35,42). The quantitative estimate of drug-likeness (QED) is 0.242. The number of carbonyl (C=O) groups is 2. The van der Waals surface area contributed by atoms with Crippen molar-refractivity contribution < 1.29 is 27.5 Å². The van der Waals surface area contributed by atoms with Crippen LogP contribution in [0.3, 0.4) is 0 Å². The molecular weight excluding hydrogens is 593 g/mol. The summed E-state index contributed by atoms with van der Waals surface area (Å²) >= 11 is 1.21. The Balaban J connectivity index is 1.19. The van der Waals surface area contributed by atoms with Gasteiger partial charge in [-0.25, -0.2) is 14.5 Å². The van der Waals surface area contributed by atoms with Crippen LogP contribution in [0.25, 0.3) is 17.1 Å². The summed E-state index contributed by atoms with van der Waals surface area (Å²) in [6.45, 7) is 4.38. The van der Waals surface area contributed by atoms with E-state index >= 15 is 0 Å². The summed E-state index contributed by atoms with van der Waals surface area (Å²) in [5.74, 6) is 1.19. The number of amidine groups is 1. The fraction of sp³-hybridized carbons (Fsp3) is 0.258. The number of aliphatic imine (C=N–C) groups is 1. The number of urea groups is 1. The monoisotopic (exact) mass is 622 g/mol. The maximum Gasteiger partial charge on any atom is 0.416 e. The number of hydrogen-bond donors (Lipinski definition) is 1. The number of nitrogens with zero attached hydrogens (tertiary/aromatic N) is 5. The molecule has 1 aromatic heterocycles. The fourth-order valence-corrected chi connectivity index (χ4v) is 5.46. The van der Waals surface area contributed by atoms with Crippen LogP contribution < -0.4 is 15.0 Å². The van der Waals surface area contributed by atoms with Gasteiger partial charge in [0.2, 0.25) is 5.91 Å². The first kappa shape index (κ1) is 30.8.